The van der Waals surface area contributed by atoms with Crippen LogP contribution in [0.1, 0.15) is 97.8 Å². The van der Waals surface area contributed by atoms with E-state index in [1.54, 1.807) is 0 Å². The van der Waals surface area contributed by atoms with E-state index in [2.05, 4.69) is 25.7 Å². The van der Waals surface area contributed by atoms with E-state index in [1.807, 2.05) is 0 Å². The van der Waals surface area contributed by atoms with Gasteiger partial charge in [-0.3, -0.25) is 4.90 Å². The molecule has 0 atom stereocenters. The number of hydrogen-bond acceptors (Lipinski definition) is 2. The Morgan fingerprint density at radius 2 is 1.27 bits per heavy atom. The highest BCUT2D eigenvalue weighted by atomic mass is 15.2. The molecule has 0 spiro atoms. The predicted molar refractivity (Wildman–Crippen MR) is 99.3 cm³/mol. The molecule has 2 heteroatoms. The third kappa shape index (κ3) is 7.46. The second kappa shape index (κ2) is 11.5. The summed E-state index contributed by atoms with van der Waals surface area (Å²) < 4.78 is 0. The van der Waals surface area contributed by atoms with Gasteiger partial charge in [-0.2, -0.15) is 0 Å². The van der Waals surface area contributed by atoms with Crippen LogP contribution in [0, 0.1) is 5.41 Å². The van der Waals surface area contributed by atoms with Crippen molar-refractivity contribution >= 4 is 0 Å². The van der Waals surface area contributed by atoms with Crippen molar-refractivity contribution in [2.75, 3.05) is 19.6 Å². The molecule has 2 nitrogen and oxygen atoms in total. The van der Waals surface area contributed by atoms with Gasteiger partial charge in [-0.1, -0.05) is 85.0 Å². The van der Waals surface area contributed by atoms with Crippen LogP contribution >= 0.6 is 0 Å². The largest absolute Gasteiger partial charge is 0.330 e. The molecular weight excluding hydrogens is 268 g/mol. The summed E-state index contributed by atoms with van der Waals surface area (Å²) in [6.45, 7) is 10.3. The van der Waals surface area contributed by atoms with Crippen LogP contribution < -0.4 is 5.73 Å². The molecule has 0 aromatic rings. The van der Waals surface area contributed by atoms with Gasteiger partial charge in [0, 0.05) is 31.1 Å². The average Bonchev–Trinajstić information content (AvgIpc) is 2.49. The van der Waals surface area contributed by atoms with Crippen LogP contribution in [0.25, 0.3) is 0 Å². The number of rotatable bonds is 14. The molecule has 2 N–H and O–H groups in total. The molecule has 0 saturated carbocycles. The molecule has 0 unspecified atom stereocenters. The summed E-state index contributed by atoms with van der Waals surface area (Å²) in [5.41, 5.74) is 6.32. The lowest BCUT2D eigenvalue weighted by atomic mass is 9.80. The Morgan fingerprint density at radius 1 is 0.818 bits per heavy atom. The maximum atomic E-state index is 5.91. The van der Waals surface area contributed by atoms with Crippen molar-refractivity contribution in [1.82, 2.24) is 4.90 Å². The number of likely N-dealkylation sites (tertiary alicyclic amines) is 1. The molecule has 0 amide bonds. The first-order chi connectivity index (χ1) is 10.6. The van der Waals surface area contributed by atoms with Crippen molar-refractivity contribution in [3.8, 4) is 0 Å². The van der Waals surface area contributed by atoms with E-state index in [0.717, 1.165) is 12.6 Å². The molecule has 1 aliphatic heterocycles. The summed E-state index contributed by atoms with van der Waals surface area (Å²) in [4.78, 5) is 2.73. The Hall–Kier alpha value is -0.0800. The Morgan fingerprint density at radius 3 is 1.68 bits per heavy atom. The number of nitrogens with two attached hydrogens (primary N) is 1. The van der Waals surface area contributed by atoms with Gasteiger partial charge < -0.3 is 5.73 Å². The van der Waals surface area contributed by atoms with E-state index in [9.17, 15) is 0 Å². The minimum Gasteiger partial charge on any atom is -0.330 e. The summed E-state index contributed by atoms with van der Waals surface area (Å²) in [5.74, 6) is 0. The summed E-state index contributed by atoms with van der Waals surface area (Å²) >= 11 is 0. The molecule has 0 aromatic carbocycles. The zero-order chi connectivity index (χ0) is 16.3. The van der Waals surface area contributed by atoms with E-state index in [0.29, 0.717) is 5.41 Å². The highest BCUT2D eigenvalue weighted by Crippen LogP contribution is 2.33. The van der Waals surface area contributed by atoms with Gasteiger partial charge >= 0.3 is 0 Å². The van der Waals surface area contributed by atoms with Crippen molar-refractivity contribution < 1.29 is 0 Å². The Kier molecular flexibility index (Phi) is 10.4. The van der Waals surface area contributed by atoms with E-state index in [-0.39, 0.29) is 0 Å². The lowest BCUT2D eigenvalue weighted by molar-refractivity contribution is -0.0192. The fourth-order valence-corrected chi connectivity index (χ4v) is 3.80. The molecular formula is C20H42N2. The lowest BCUT2D eigenvalue weighted by Crippen LogP contribution is -2.61. The van der Waals surface area contributed by atoms with Gasteiger partial charge in [-0.15, -0.1) is 0 Å². The molecule has 0 radical (unpaired) electrons. The fraction of sp³-hybridized carbons (Fsp3) is 1.00. The van der Waals surface area contributed by atoms with Crippen LogP contribution in [-0.4, -0.2) is 30.6 Å². The van der Waals surface area contributed by atoms with E-state index in [4.69, 9.17) is 5.73 Å². The van der Waals surface area contributed by atoms with Crippen molar-refractivity contribution in [3.63, 3.8) is 0 Å². The maximum Gasteiger partial charge on any atom is 0.00957 e. The summed E-state index contributed by atoms with van der Waals surface area (Å²) in [7, 11) is 0. The van der Waals surface area contributed by atoms with Crippen LogP contribution in [0.15, 0.2) is 0 Å². The molecule has 1 saturated heterocycles. The molecule has 1 aliphatic rings. The van der Waals surface area contributed by atoms with Crippen molar-refractivity contribution in [1.29, 1.82) is 0 Å². The average molecular weight is 311 g/mol. The van der Waals surface area contributed by atoms with Crippen LogP contribution in [0.5, 0.6) is 0 Å². The zero-order valence-corrected chi connectivity index (χ0v) is 15.7. The summed E-state index contributed by atoms with van der Waals surface area (Å²) in [6.07, 6.45) is 16.9. The minimum atomic E-state index is 0.405. The lowest BCUT2D eigenvalue weighted by Gasteiger charge is -2.51. The Bertz CT molecular complexity index is 244. The van der Waals surface area contributed by atoms with Gasteiger partial charge in [0.2, 0.25) is 0 Å². The summed E-state index contributed by atoms with van der Waals surface area (Å²) in [5, 5.41) is 0. The van der Waals surface area contributed by atoms with Gasteiger partial charge in [0.1, 0.15) is 0 Å². The smallest absolute Gasteiger partial charge is 0.00957 e. The summed E-state index contributed by atoms with van der Waals surface area (Å²) in [6, 6.07) is 0.836. The van der Waals surface area contributed by atoms with Crippen LogP contribution in [0.4, 0.5) is 0 Å². The first-order valence-corrected chi connectivity index (χ1v) is 10.1. The third-order valence-electron chi connectivity index (χ3n) is 5.46. The molecule has 0 bridgehead atoms. The highest BCUT2D eigenvalue weighted by molar-refractivity contribution is 4.95. The topological polar surface area (TPSA) is 29.3 Å². The van der Waals surface area contributed by atoms with Crippen molar-refractivity contribution in [2.24, 2.45) is 11.1 Å². The van der Waals surface area contributed by atoms with Gasteiger partial charge in [-0.25, -0.2) is 0 Å². The zero-order valence-electron chi connectivity index (χ0n) is 15.7. The van der Waals surface area contributed by atoms with Gasteiger partial charge in [0.25, 0.3) is 0 Å². The molecule has 132 valence electrons. The van der Waals surface area contributed by atoms with Gasteiger partial charge in [-0.05, 0) is 12.8 Å². The number of hydrogen-bond donors (Lipinski definition) is 1. The number of nitrogens with zero attached hydrogens (tertiary/aromatic N) is 1. The van der Waals surface area contributed by atoms with E-state index >= 15 is 0 Å². The fourth-order valence-electron chi connectivity index (χ4n) is 3.80. The van der Waals surface area contributed by atoms with Crippen molar-refractivity contribution in [3.05, 3.63) is 0 Å². The van der Waals surface area contributed by atoms with E-state index < -0.39 is 0 Å². The molecule has 1 rings (SSSR count). The monoisotopic (exact) mass is 310 g/mol. The quantitative estimate of drug-likeness (QED) is 0.438. The van der Waals surface area contributed by atoms with Crippen LogP contribution in [-0.2, 0) is 0 Å². The first-order valence-electron chi connectivity index (χ1n) is 10.1. The second-order valence-electron chi connectivity index (χ2n) is 7.98. The molecule has 22 heavy (non-hydrogen) atoms. The van der Waals surface area contributed by atoms with Gasteiger partial charge in [0.05, 0.1) is 0 Å². The third-order valence-corrected chi connectivity index (χ3v) is 5.46. The Labute approximate surface area is 140 Å². The Balaban J connectivity index is 2.24. The maximum absolute atomic E-state index is 5.91. The SMILES string of the molecule is CCCCCCCC(CCCCCCC)N1CC(C)(CN)C1. The molecule has 0 aliphatic carbocycles. The standard InChI is InChI=1S/C20H42N2/c1-4-6-8-10-12-14-19(15-13-11-9-7-5-2)22-17-20(3,16-21)18-22/h19H,4-18,21H2,1-3H3. The van der Waals surface area contributed by atoms with E-state index in [1.165, 1.54) is 90.1 Å². The highest BCUT2D eigenvalue weighted by Gasteiger charge is 2.40. The molecule has 1 heterocycles. The minimum absolute atomic E-state index is 0.405. The normalized spacial score (nSPS) is 17.9. The first kappa shape index (κ1) is 20.0. The second-order valence-corrected chi connectivity index (χ2v) is 7.98. The van der Waals surface area contributed by atoms with Crippen LogP contribution in [0.3, 0.4) is 0 Å². The van der Waals surface area contributed by atoms with Crippen LogP contribution in [0.2, 0.25) is 0 Å². The van der Waals surface area contributed by atoms with Crippen molar-refractivity contribution in [2.45, 2.75) is 104 Å². The molecule has 0 aromatic heterocycles. The number of unbranched alkanes of at least 4 members (excludes halogenated alkanes) is 8. The molecule has 1 fully saturated rings. The van der Waals surface area contributed by atoms with Gasteiger partial charge in [0.15, 0.2) is 0 Å². The predicted octanol–water partition coefficient (Wildman–Crippen LogP) is 5.36.